The van der Waals surface area contributed by atoms with Gasteiger partial charge in [0.1, 0.15) is 5.82 Å². The van der Waals surface area contributed by atoms with Crippen LogP contribution in [-0.4, -0.2) is 48.4 Å². The normalized spacial score (nSPS) is 31.7. The predicted molar refractivity (Wildman–Crippen MR) is 110 cm³/mol. The van der Waals surface area contributed by atoms with Crippen molar-refractivity contribution in [1.82, 2.24) is 9.97 Å². The summed E-state index contributed by atoms with van der Waals surface area (Å²) in [6, 6.07) is 12.7. The number of benzene rings is 1. The maximum absolute atomic E-state index is 12.4. The lowest BCUT2D eigenvalue weighted by atomic mass is 10.0. The van der Waals surface area contributed by atoms with E-state index in [1.54, 1.807) is 6.07 Å². The topological polar surface area (TPSA) is 61.5 Å². The quantitative estimate of drug-likeness (QED) is 0.882. The van der Waals surface area contributed by atoms with Crippen LogP contribution in [-0.2, 0) is 11.2 Å². The van der Waals surface area contributed by atoms with Gasteiger partial charge in [-0.05, 0) is 36.7 Å². The second-order valence-corrected chi connectivity index (χ2v) is 8.56. The van der Waals surface area contributed by atoms with Gasteiger partial charge >= 0.3 is 0 Å². The minimum Gasteiger partial charge on any atom is -0.375 e. The number of H-pyrrole nitrogens is 1. The lowest BCUT2D eigenvalue weighted by Crippen LogP contribution is -2.43. The van der Waals surface area contributed by atoms with Crippen LogP contribution in [0.2, 0.25) is 0 Å². The van der Waals surface area contributed by atoms with Crippen LogP contribution in [0.1, 0.15) is 19.4 Å². The van der Waals surface area contributed by atoms with E-state index in [-0.39, 0.29) is 11.7 Å². The van der Waals surface area contributed by atoms with Crippen LogP contribution in [0.5, 0.6) is 0 Å². The molecule has 0 unspecified atom stereocenters. The third kappa shape index (κ3) is 3.20. The van der Waals surface area contributed by atoms with Gasteiger partial charge in [-0.15, -0.1) is 0 Å². The van der Waals surface area contributed by atoms with Gasteiger partial charge in [-0.25, -0.2) is 0 Å². The molecule has 5 rings (SSSR count). The summed E-state index contributed by atoms with van der Waals surface area (Å²) in [5.74, 6) is 3.66. The molecule has 3 aliphatic rings. The molecule has 1 N–H and O–H groups in total. The maximum Gasteiger partial charge on any atom is 0.254 e. The van der Waals surface area contributed by atoms with E-state index in [9.17, 15) is 4.79 Å². The van der Waals surface area contributed by atoms with E-state index in [2.05, 4.69) is 59.0 Å². The molecule has 1 aromatic carbocycles. The van der Waals surface area contributed by atoms with Gasteiger partial charge in [0.25, 0.3) is 5.56 Å². The van der Waals surface area contributed by atoms with Gasteiger partial charge in [0, 0.05) is 31.7 Å². The van der Waals surface area contributed by atoms with Crippen LogP contribution in [0, 0.1) is 17.8 Å². The number of morpholine rings is 1. The van der Waals surface area contributed by atoms with Crippen molar-refractivity contribution in [3.8, 4) is 0 Å². The zero-order valence-electron chi connectivity index (χ0n) is 16.5. The summed E-state index contributed by atoms with van der Waals surface area (Å²) in [5.41, 5.74) is 1.27. The number of aromatic amines is 1. The number of fused-ring (bicyclic) bond motifs is 1. The highest BCUT2D eigenvalue weighted by Gasteiger charge is 2.59. The molecular formula is C22H28N4O2. The van der Waals surface area contributed by atoms with E-state index < -0.39 is 0 Å². The summed E-state index contributed by atoms with van der Waals surface area (Å²) in [6.07, 6.45) is 1.15. The summed E-state index contributed by atoms with van der Waals surface area (Å²) in [4.78, 5) is 24.8. The van der Waals surface area contributed by atoms with Crippen molar-refractivity contribution in [3.63, 3.8) is 0 Å². The highest BCUT2D eigenvalue weighted by molar-refractivity contribution is 5.47. The molecule has 5 atom stereocenters. The van der Waals surface area contributed by atoms with Crippen LogP contribution in [0.4, 0.5) is 11.8 Å². The molecule has 3 fully saturated rings. The van der Waals surface area contributed by atoms with E-state index >= 15 is 0 Å². The molecule has 1 aliphatic carbocycles. The minimum atomic E-state index is -0.0776. The number of aromatic nitrogens is 2. The fourth-order valence-corrected chi connectivity index (χ4v) is 5.18. The van der Waals surface area contributed by atoms with E-state index in [4.69, 9.17) is 9.72 Å². The van der Waals surface area contributed by atoms with Crippen molar-refractivity contribution >= 4 is 11.8 Å². The number of nitrogens with zero attached hydrogens (tertiary/aromatic N) is 3. The molecule has 1 saturated carbocycles. The molecule has 2 aliphatic heterocycles. The van der Waals surface area contributed by atoms with Crippen molar-refractivity contribution in [2.24, 2.45) is 17.8 Å². The number of ether oxygens (including phenoxy) is 1. The van der Waals surface area contributed by atoms with Crippen molar-refractivity contribution in [2.45, 2.75) is 32.4 Å². The van der Waals surface area contributed by atoms with E-state index in [0.717, 1.165) is 43.7 Å². The molecule has 6 heteroatoms. The lowest BCUT2D eigenvalue weighted by Gasteiger charge is -2.33. The molecule has 6 nitrogen and oxygen atoms in total. The first kappa shape index (κ1) is 17.7. The van der Waals surface area contributed by atoms with Gasteiger partial charge in [-0.2, -0.15) is 4.98 Å². The minimum absolute atomic E-state index is 0.0776. The third-order valence-corrected chi connectivity index (χ3v) is 6.73. The summed E-state index contributed by atoms with van der Waals surface area (Å²) in [5, 5.41) is 0. The van der Waals surface area contributed by atoms with E-state index in [1.165, 1.54) is 5.56 Å². The monoisotopic (exact) mass is 380 g/mol. The summed E-state index contributed by atoms with van der Waals surface area (Å²) >= 11 is 0. The molecule has 2 saturated heterocycles. The highest BCUT2D eigenvalue weighted by atomic mass is 16.5. The summed E-state index contributed by atoms with van der Waals surface area (Å²) < 4.78 is 5.64. The van der Waals surface area contributed by atoms with Crippen LogP contribution in [0.15, 0.2) is 41.2 Å². The second-order valence-electron chi connectivity index (χ2n) is 8.56. The van der Waals surface area contributed by atoms with E-state index in [0.29, 0.717) is 24.5 Å². The molecule has 28 heavy (non-hydrogen) atoms. The van der Waals surface area contributed by atoms with E-state index in [1.807, 2.05) is 0 Å². The molecule has 0 amide bonds. The average molecular weight is 380 g/mol. The van der Waals surface area contributed by atoms with Gasteiger partial charge < -0.3 is 14.5 Å². The highest BCUT2D eigenvalue weighted by Crippen LogP contribution is 2.56. The number of anilines is 2. The number of piperidine rings is 1. The van der Waals surface area contributed by atoms with Crippen LogP contribution in [0.25, 0.3) is 0 Å². The van der Waals surface area contributed by atoms with Crippen molar-refractivity contribution in [3.05, 3.63) is 52.3 Å². The van der Waals surface area contributed by atoms with Gasteiger partial charge in [0.15, 0.2) is 0 Å². The van der Waals surface area contributed by atoms with Gasteiger partial charge in [-0.1, -0.05) is 37.3 Å². The summed E-state index contributed by atoms with van der Waals surface area (Å²) in [7, 11) is 0. The Kier molecular flexibility index (Phi) is 4.38. The Morgan fingerprint density at radius 1 is 1.21 bits per heavy atom. The first-order chi connectivity index (χ1) is 13.6. The smallest absolute Gasteiger partial charge is 0.254 e. The summed E-state index contributed by atoms with van der Waals surface area (Å²) in [6.45, 7) is 7.61. The number of rotatable bonds is 4. The first-order valence-electron chi connectivity index (χ1n) is 10.4. The largest absolute Gasteiger partial charge is 0.375 e. The SMILES string of the molecule is C[C@@H]1[C@@H]2CN(c3nc(N4CCO[C@H](C)C4)cc(=O)[nH]3)[C@@H](Cc3ccccc3)[C@H]12. The van der Waals surface area contributed by atoms with Crippen LogP contribution in [0.3, 0.4) is 0 Å². The zero-order chi connectivity index (χ0) is 19.3. The average Bonchev–Trinajstić information content (AvgIpc) is 3.16. The zero-order valence-corrected chi connectivity index (χ0v) is 16.5. The van der Waals surface area contributed by atoms with Gasteiger partial charge in [0.2, 0.25) is 5.95 Å². The number of hydrogen-bond donors (Lipinski definition) is 1. The Bertz CT molecular complexity index is 899. The van der Waals surface area contributed by atoms with Crippen molar-refractivity contribution in [1.29, 1.82) is 0 Å². The lowest BCUT2D eigenvalue weighted by molar-refractivity contribution is 0.0529. The Balaban J connectivity index is 1.43. The Hall–Kier alpha value is -2.34. The molecule has 0 spiro atoms. The fourth-order valence-electron chi connectivity index (χ4n) is 5.18. The Morgan fingerprint density at radius 3 is 2.82 bits per heavy atom. The molecule has 1 aromatic heterocycles. The Labute approximate surface area is 165 Å². The maximum atomic E-state index is 12.4. The number of nitrogens with one attached hydrogen (secondary N) is 1. The Morgan fingerprint density at radius 2 is 2.04 bits per heavy atom. The van der Waals surface area contributed by atoms with Crippen LogP contribution >= 0.6 is 0 Å². The first-order valence-corrected chi connectivity index (χ1v) is 10.4. The third-order valence-electron chi connectivity index (χ3n) is 6.73. The van der Waals surface area contributed by atoms with Crippen molar-refractivity contribution in [2.75, 3.05) is 36.0 Å². The molecule has 2 aromatic rings. The second kappa shape index (κ2) is 6.92. The van der Waals surface area contributed by atoms with Gasteiger partial charge in [0.05, 0.1) is 12.7 Å². The molecule has 0 bridgehead atoms. The van der Waals surface area contributed by atoms with Crippen molar-refractivity contribution < 1.29 is 4.74 Å². The molecule has 148 valence electrons. The molecule has 0 radical (unpaired) electrons. The standard InChI is InChI=1S/C22H28N4O2/c1-14-12-25(8-9-28-14)19-11-20(27)24-22(23-19)26-13-17-15(2)21(17)18(26)10-16-6-4-3-5-7-16/h3-7,11,14-15,17-18,21H,8-10,12-13H2,1-2H3,(H,23,24,27)/t14-,15-,17+,18+,21-/m1/s1. The molecule has 3 heterocycles. The van der Waals surface area contributed by atoms with Gasteiger partial charge in [-0.3, -0.25) is 9.78 Å². The fraction of sp³-hybridized carbons (Fsp3) is 0.545. The predicted octanol–water partition coefficient (Wildman–Crippen LogP) is 2.31. The van der Waals surface area contributed by atoms with Crippen LogP contribution < -0.4 is 15.4 Å². The molecular weight excluding hydrogens is 352 g/mol. The number of hydrogen-bond acceptors (Lipinski definition) is 5.